The van der Waals surface area contributed by atoms with Crippen LogP contribution in [0, 0.1) is 5.92 Å². The summed E-state index contributed by atoms with van der Waals surface area (Å²) in [6, 6.07) is 1.25. The molecule has 1 atom stereocenters. The molecule has 0 aromatic rings. The number of hydrogen-bond acceptors (Lipinski definition) is 3. The van der Waals surface area contributed by atoms with E-state index in [-0.39, 0.29) is 0 Å². The predicted molar refractivity (Wildman–Crippen MR) is 73.4 cm³/mol. The van der Waals surface area contributed by atoms with Gasteiger partial charge in [-0.05, 0) is 39.7 Å². The summed E-state index contributed by atoms with van der Waals surface area (Å²) in [6.07, 6.45) is 5.65. The van der Waals surface area contributed by atoms with Crippen LogP contribution in [-0.4, -0.2) is 50.8 Å². The second-order valence-electron chi connectivity index (χ2n) is 5.52. The Kier molecular flexibility index (Phi) is 7.09. The first-order chi connectivity index (χ1) is 8.19. The third-order valence-electron chi connectivity index (χ3n) is 4.08. The van der Waals surface area contributed by atoms with Gasteiger partial charge in [-0.1, -0.05) is 12.8 Å². The smallest absolute Gasteiger partial charge is 0.0589 e. The van der Waals surface area contributed by atoms with Crippen LogP contribution in [0.1, 0.15) is 39.5 Å². The summed E-state index contributed by atoms with van der Waals surface area (Å²) in [7, 11) is 3.89. The van der Waals surface area contributed by atoms with Crippen LogP contribution >= 0.6 is 0 Å². The molecule has 1 fully saturated rings. The zero-order chi connectivity index (χ0) is 12.7. The molecule has 0 spiro atoms. The molecule has 0 heterocycles. The van der Waals surface area contributed by atoms with E-state index in [1.807, 2.05) is 0 Å². The fraction of sp³-hybridized carbons (Fsp3) is 1.00. The van der Waals surface area contributed by atoms with Crippen molar-refractivity contribution in [2.24, 2.45) is 5.92 Å². The lowest BCUT2D eigenvalue weighted by atomic mass is 9.97. The van der Waals surface area contributed by atoms with Crippen LogP contribution in [0.5, 0.6) is 0 Å². The molecule has 1 unspecified atom stereocenters. The summed E-state index contributed by atoms with van der Waals surface area (Å²) < 4.78 is 5.20. The van der Waals surface area contributed by atoms with Gasteiger partial charge in [-0.3, -0.25) is 4.90 Å². The van der Waals surface area contributed by atoms with Gasteiger partial charge in [0.15, 0.2) is 0 Å². The Hall–Kier alpha value is -0.120. The van der Waals surface area contributed by atoms with Crippen LogP contribution < -0.4 is 5.32 Å². The third kappa shape index (κ3) is 4.94. The van der Waals surface area contributed by atoms with Crippen molar-refractivity contribution in [2.75, 3.05) is 33.9 Å². The van der Waals surface area contributed by atoms with Gasteiger partial charge in [0, 0.05) is 32.3 Å². The summed E-state index contributed by atoms with van der Waals surface area (Å²) in [5.41, 5.74) is 0. The molecule has 102 valence electrons. The fourth-order valence-corrected chi connectivity index (χ4v) is 2.86. The van der Waals surface area contributed by atoms with Gasteiger partial charge in [0.05, 0.1) is 6.61 Å². The molecule has 0 aromatic carbocycles. The van der Waals surface area contributed by atoms with E-state index in [1.165, 1.54) is 25.7 Å². The van der Waals surface area contributed by atoms with E-state index in [2.05, 4.69) is 31.1 Å². The monoisotopic (exact) mass is 242 g/mol. The first kappa shape index (κ1) is 14.9. The van der Waals surface area contributed by atoms with Gasteiger partial charge in [0.2, 0.25) is 0 Å². The van der Waals surface area contributed by atoms with Crippen molar-refractivity contribution in [1.29, 1.82) is 0 Å². The number of likely N-dealkylation sites (N-methyl/N-ethyl adjacent to an activating group) is 1. The van der Waals surface area contributed by atoms with E-state index in [9.17, 15) is 0 Å². The molecule has 1 N–H and O–H groups in total. The second-order valence-corrected chi connectivity index (χ2v) is 5.52. The lowest BCUT2D eigenvalue weighted by molar-refractivity contribution is 0.114. The lowest BCUT2D eigenvalue weighted by Crippen LogP contribution is -2.47. The zero-order valence-corrected chi connectivity index (χ0v) is 12.0. The molecule has 1 aliphatic rings. The van der Waals surface area contributed by atoms with Crippen LogP contribution in [0.3, 0.4) is 0 Å². The highest BCUT2D eigenvalue weighted by Gasteiger charge is 2.26. The third-order valence-corrected chi connectivity index (χ3v) is 4.08. The minimum atomic E-state index is 0.599. The summed E-state index contributed by atoms with van der Waals surface area (Å²) in [5, 5.41) is 3.52. The SMILES string of the molecule is CNC(CN(CCOC)C(C)C)C1CCCC1. The van der Waals surface area contributed by atoms with Crippen LogP contribution in [-0.2, 0) is 4.74 Å². The Labute approximate surface area is 107 Å². The zero-order valence-electron chi connectivity index (χ0n) is 12.0. The number of methoxy groups -OCH3 is 1. The highest BCUT2D eigenvalue weighted by Crippen LogP contribution is 2.28. The first-order valence-corrected chi connectivity index (χ1v) is 7.09. The number of nitrogens with one attached hydrogen (secondary N) is 1. The van der Waals surface area contributed by atoms with Crippen molar-refractivity contribution in [3.8, 4) is 0 Å². The van der Waals surface area contributed by atoms with E-state index in [0.29, 0.717) is 12.1 Å². The Morgan fingerprint density at radius 3 is 2.41 bits per heavy atom. The van der Waals surface area contributed by atoms with E-state index in [4.69, 9.17) is 4.74 Å². The quantitative estimate of drug-likeness (QED) is 0.705. The molecule has 3 nitrogen and oxygen atoms in total. The van der Waals surface area contributed by atoms with E-state index in [1.54, 1.807) is 7.11 Å². The Bertz CT molecular complexity index is 191. The molecule has 1 rings (SSSR count). The predicted octanol–water partition coefficient (Wildman–Crippen LogP) is 2.12. The van der Waals surface area contributed by atoms with Crippen molar-refractivity contribution >= 4 is 0 Å². The van der Waals surface area contributed by atoms with Gasteiger partial charge in [-0.15, -0.1) is 0 Å². The van der Waals surface area contributed by atoms with Crippen molar-refractivity contribution in [3.05, 3.63) is 0 Å². The summed E-state index contributed by atoms with van der Waals surface area (Å²) in [5.74, 6) is 0.879. The van der Waals surface area contributed by atoms with Crippen molar-refractivity contribution < 1.29 is 4.74 Å². The van der Waals surface area contributed by atoms with Crippen molar-refractivity contribution in [3.63, 3.8) is 0 Å². The maximum absolute atomic E-state index is 5.20. The molecule has 3 heteroatoms. The number of ether oxygens (including phenoxy) is 1. The highest BCUT2D eigenvalue weighted by molar-refractivity contribution is 4.83. The molecule has 0 aromatic heterocycles. The molecule has 0 amide bonds. The van der Waals surface area contributed by atoms with Crippen molar-refractivity contribution in [2.45, 2.75) is 51.6 Å². The van der Waals surface area contributed by atoms with Gasteiger partial charge in [-0.25, -0.2) is 0 Å². The average molecular weight is 242 g/mol. The number of nitrogens with zero attached hydrogens (tertiary/aromatic N) is 1. The van der Waals surface area contributed by atoms with Crippen molar-refractivity contribution in [1.82, 2.24) is 10.2 Å². The van der Waals surface area contributed by atoms with E-state index in [0.717, 1.165) is 25.6 Å². The molecule has 0 aliphatic heterocycles. The number of rotatable bonds is 8. The maximum Gasteiger partial charge on any atom is 0.0589 e. The summed E-state index contributed by atoms with van der Waals surface area (Å²) >= 11 is 0. The molecule has 0 saturated heterocycles. The average Bonchev–Trinajstić information content (AvgIpc) is 2.82. The van der Waals surface area contributed by atoms with Gasteiger partial charge in [0.25, 0.3) is 0 Å². The fourth-order valence-electron chi connectivity index (χ4n) is 2.86. The molecule has 0 radical (unpaired) electrons. The van der Waals surface area contributed by atoms with Crippen LogP contribution in [0.15, 0.2) is 0 Å². The molecule has 1 aliphatic carbocycles. The lowest BCUT2D eigenvalue weighted by Gasteiger charge is -2.33. The summed E-state index contributed by atoms with van der Waals surface area (Å²) in [4.78, 5) is 2.53. The summed E-state index contributed by atoms with van der Waals surface area (Å²) in [6.45, 7) is 7.58. The molecular weight excluding hydrogens is 212 g/mol. The van der Waals surface area contributed by atoms with Gasteiger partial charge < -0.3 is 10.1 Å². The van der Waals surface area contributed by atoms with Gasteiger partial charge >= 0.3 is 0 Å². The Morgan fingerprint density at radius 1 is 1.29 bits per heavy atom. The van der Waals surface area contributed by atoms with Crippen LogP contribution in [0.25, 0.3) is 0 Å². The molecular formula is C14H30N2O. The largest absolute Gasteiger partial charge is 0.383 e. The molecule has 17 heavy (non-hydrogen) atoms. The first-order valence-electron chi connectivity index (χ1n) is 7.09. The Balaban J connectivity index is 2.44. The molecule has 1 saturated carbocycles. The normalized spacial score (nSPS) is 19.4. The second kappa shape index (κ2) is 8.06. The van der Waals surface area contributed by atoms with Gasteiger partial charge in [0.1, 0.15) is 0 Å². The van der Waals surface area contributed by atoms with Gasteiger partial charge in [-0.2, -0.15) is 0 Å². The van der Waals surface area contributed by atoms with Crippen LogP contribution in [0.2, 0.25) is 0 Å². The number of hydrogen-bond donors (Lipinski definition) is 1. The van der Waals surface area contributed by atoms with E-state index < -0.39 is 0 Å². The molecule has 0 bridgehead atoms. The maximum atomic E-state index is 5.20. The minimum absolute atomic E-state index is 0.599. The highest BCUT2D eigenvalue weighted by atomic mass is 16.5. The van der Waals surface area contributed by atoms with E-state index >= 15 is 0 Å². The topological polar surface area (TPSA) is 24.5 Å². The Morgan fingerprint density at radius 2 is 1.94 bits per heavy atom. The van der Waals surface area contributed by atoms with Crippen LogP contribution in [0.4, 0.5) is 0 Å². The standard InChI is InChI=1S/C14H30N2O/c1-12(2)16(9-10-17-4)11-14(15-3)13-7-5-6-8-13/h12-15H,5-11H2,1-4H3. The minimum Gasteiger partial charge on any atom is -0.383 e.